The van der Waals surface area contributed by atoms with Crippen LogP contribution < -0.4 is 5.32 Å². The molecule has 0 fully saturated rings. The lowest BCUT2D eigenvalue weighted by Gasteiger charge is -2.17. The van der Waals surface area contributed by atoms with Crippen LogP contribution in [0.4, 0.5) is 13.2 Å². The molecule has 0 radical (unpaired) electrons. The zero-order valence-electron chi connectivity index (χ0n) is 11.1. The highest BCUT2D eigenvalue weighted by molar-refractivity contribution is 5.96. The third kappa shape index (κ3) is 5.52. The van der Waals surface area contributed by atoms with Gasteiger partial charge in [-0.25, -0.2) is 0 Å². The van der Waals surface area contributed by atoms with Gasteiger partial charge < -0.3 is 10.2 Å². The van der Waals surface area contributed by atoms with Crippen LogP contribution in [0, 0.1) is 11.3 Å². The van der Waals surface area contributed by atoms with E-state index in [0.29, 0.717) is 0 Å². The summed E-state index contributed by atoms with van der Waals surface area (Å²) in [6.07, 6.45) is -4.50. The minimum absolute atomic E-state index is 0.181. The summed E-state index contributed by atoms with van der Waals surface area (Å²) in [5.41, 5.74) is 0.455. The van der Waals surface area contributed by atoms with Gasteiger partial charge in [0.15, 0.2) is 0 Å². The molecule has 0 aliphatic carbocycles. The van der Waals surface area contributed by atoms with Gasteiger partial charge in [-0.3, -0.25) is 9.59 Å². The normalized spacial score (nSPS) is 10.6. The monoisotopic (exact) mass is 299 g/mol. The van der Waals surface area contributed by atoms with Crippen molar-refractivity contribution >= 4 is 11.8 Å². The number of carbonyl (C=O) groups is 2. The number of hydrogen-bond donors (Lipinski definition) is 1. The number of rotatable bonds is 4. The van der Waals surface area contributed by atoms with Crippen LogP contribution in [0.2, 0.25) is 0 Å². The summed E-state index contributed by atoms with van der Waals surface area (Å²) in [6, 6.07) is 7.67. The Labute approximate surface area is 119 Å². The summed E-state index contributed by atoms with van der Waals surface area (Å²) in [5, 5.41) is 10.4. The lowest BCUT2D eigenvalue weighted by atomic mass is 10.1. The maximum Gasteiger partial charge on any atom is 0.405 e. The minimum Gasteiger partial charge on any atom is -0.345 e. The van der Waals surface area contributed by atoms with Crippen molar-refractivity contribution in [3.05, 3.63) is 35.4 Å². The first kappa shape index (κ1) is 16.5. The van der Waals surface area contributed by atoms with Crippen LogP contribution in [-0.2, 0) is 4.79 Å². The third-order valence-corrected chi connectivity index (χ3v) is 2.45. The zero-order valence-corrected chi connectivity index (χ0v) is 11.1. The van der Waals surface area contributed by atoms with Crippen molar-refractivity contribution in [3.63, 3.8) is 0 Å². The Hall–Kier alpha value is -2.56. The molecule has 1 N–H and O–H groups in total. The Bertz CT molecular complexity index is 579. The second-order valence-electron chi connectivity index (χ2n) is 4.25. The zero-order chi connectivity index (χ0) is 16.0. The highest BCUT2D eigenvalue weighted by Gasteiger charge is 2.28. The molecule has 0 spiro atoms. The van der Waals surface area contributed by atoms with Gasteiger partial charge in [0.05, 0.1) is 18.2 Å². The van der Waals surface area contributed by atoms with Gasteiger partial charge in [0.25, 0.3) is 5.91 Å². The van der Waals surface area contributed by atoms with Crippen LogP contribution >= 0.6 is 0 Å². The summed E-state index contributed by atoms with van der Waals surface area (Å²) in [7, 11) is 1.29. The number of likely N-dealkylation sites (N-methyl/N-ethyl adjacent to an activating group) is 1. The van der Waals surface area contributed by atoms with E-state index in [2.05, 4.69) is 0 Å². The molecular weight excluding hydrogens is 287 g/mol. The molecule has 0 aliphatic rings. The number of nitrogens with zero attached hydrogens (tertiary/aromatic N) is 2. The molecule has 0 bridgehead atoms. The summed E-state index contributed by atoms with van der Waals surface area (Å²) < 4.78 is 35.8. The summed E-state index contributed by atoms with van der Waals surface area (Å²) in [6.45, 7) is -1.95. The Morgan fingerprint density at radius 2 is 2.05 bits per heavy atom. The first-order valence-electron chi connectivity index (χ1n) is 5.82. The average molecular weight is 299 g/mol. The lowest BCUT2D eigenvalue weighted by Crippen LogP contribution is -2.41. The highest BCUT2D eigenvalue weighted by atomic mass is 19.4. The molecule has 0 unspecified atom stereocenters. The number of halogens is 3. The number of nitriles is 1. The van der Waals surface area contributed by atoms with Crippen molar-refractivity contribution in [1.82, 2.24) is 10.2 Å². The highest BCUT2D eigenvalue weighted by Crippen LogP contribution is 2.12. The van der Waals surface area contributed by atoms with Crippen LogP contribution in [0.5, 0.6) is 0 Å². The van der Waals surface area contributed by atoms with Crippen molar-refractivity contribution < 1.29 is 22.8 Å². The maximum atomic E-state index is 12.0. The van der Waals surface area contributed by atoms with Crippen molar-refractivity contribution in [1.29, 1.82) is 5.26 Å². The van der Waals surface area contributed by atoms with E-state index in [1.54, 1.807) is 5.32 Å². The molecule has 112 valence electrons. The van der Waals surface area contributed by atoms with E-state index in [1.165, 1.54) is 31.3 Å². The van der Waals surface area contributed by atoms with E-state index in [4.69, 9.17) is 5.26 Å². The molecule has 1 rings (SSSR count). The molecule has 0 heterocycles. The summed E-state index contributed by atoms with van der Waals surface area (Å²) >= 11 is 0. The minimum atomic E-state index is -4.50. The predicted octanol–water partition coefficient (Wildman–Crippen LogP) is 1.31. The second kappa shape index (κ2) is 6.74. The van der Waals surface area contributed by atoms with Crippen LogP contribution in [0.25, 0.3) is 0 Å². The SMILES string of the molecule is CN(CC(=O)NCC(F)(F)F)C(=O)c1cccc(C#N)c1. The van der Waals surface area contributed by atoms with Crippen molar-refractivity contribution in [2.75, 3.05) is 20.1 Å². The van der Waals surface area contributed by atoms with E-state index in [9.17, 15) is 22.8 Å². The van der Waals surface area contributed by atoms with Gasteiger partial charge in [-0.15, -0.1) is 0 Å². The number of alkyl halides is 3. The van der Waals surface area contributed by atoms with Gasteiger partial charge in [0.2, 0.25) is 5.91 Å². The fourth-order valence-corrected chi connectivity index (χ4v) is 1.48. The Morgan fingerprint density at radius 3 is 2.62 bits per heavy atom. The summed E-state index contributed by atoms with van der Waals surface area (Å²) in [4.78, 5) is 24.2. The van der Waals surface area contributed by atoms with Gasteiger partial charge in [0, 0.05) is 12.6 Å². The van der Waals surface area contributed by atoms with Crippen LogP contribution in [0.1, 0.15) is 15.9 Å². The third-order valence-electron chi connectivity index (χ3n) is 2.45. The smallest absolute Gasteiger partial charge is 0.345 e. The molecule has 1 aromatic rings. The first-order chi connectivity index (χ1) is 9.73. The Kier molecular flexibility index (Phi) is 5.30. The van der Waals surface area contributed by atoms with Gasteiger partial charge >= 0.3 is 6.18 Å². The van der Waals surface area contributed by atoms with Crippen LogP contribution in [0.3, 0.4) is 0 Å². The van der Waals surface area contributed by atoms with Crippen molar-refractivity contribution in [2.24, 2.45) is 0 Å². The lowest BCUT2D eigenvalue weighted by molar-refractivity contribution is -0.138. The number of amides is 2. The molecule has 0 aromatic heterocycles. The molecule has 0 saturated carbocycles. The number of nitrogens with one attached hydrogen (secondary N) is 1. The number of benzene rings is 1. The molecule has 0 saturated heterocycles. The number of carbonyl (C=O) groups excluding carboxylic acids is 2. The van der Waals surface area contributed by atoms with E-state index in [-0.39, 0.29) is 11.1 Å². The van der Waals surface area contributed by atoms with Gasteiger partial charge in [-0.05, 0) is 18.2 Å². The second-order valence-corrected chi connectivity index (χ2v) is 4.25. The van der Waals surface area contributed by atoms with Crippen molar-refractivity contribution in [3.8, 4) is 6.07 Å². The largest absolute Gasteiger partial charge is 0.405 e. The fraction of sp³-hybridized carbons (Fsp3) is 0.308. The van der Waals surface area contributed by atoms with Gasteiger partial charge in [-0.1, -0.05) is 6.07 Å². The van der Waals surface area contributed by atoms with Crippen molar-refractivity contribution in [2.45, 2.75) is 6.18 Å². The predicted molar refractivity (Wildman–Crippen MR) is 67.2 cm³/mol. The maximum absolute atomic E-state index is 12.0. The molecule has 5 nitrogen and oxygen atoms in total. The van der Waals surface area contributed by atoms with Gasteiger partial charge in [-0.2, -0.15) is 18.4 Å². The first-order valence-corrected chi connectivity index (χ1v) is 5.82. The standard InChI is InChI=1S/C13H12F3N3O2/c1-19(7-11(20)18-8-13(14,15)16)12(21)10-4-2-3-9(5-10)6-17/h2-5H,7-8H2,1H3,(H,18,20). The Balaban J connectivity index is 2.62. The molecule has 1 aromatic carbocycles. The van der Waals surface area contributed by atoms with Crippen LogP contribution in [-0.4, -0.2) is 43.0 Å². The Morgan fingerprint density at radius 1 is 1.38 bits per heavy atom. The summed E-state index contributed by atoms with van der Waals surface area (Å²) in [5.74, 6) is -1.48. The molecule has 2 amide bonds. The molecule has 0 aliphatic heterocycles. The number of hydrogen-bond acceptors (Lipinski definition) is 3. The van der Waals surface area contributed by atoms with E-state index in [0.717, 1.165) is 4.90 Å². The average Bonchev–Trinajstić information content (AvgIpc) is 2.43. The molecular formula is C13H12F3N3O2. The van der Waals surface area contributed by atoms with Crippen LogP contribution in [0.15, 0.2) is 24.3 Å². The van der Waals surface area contributed by atoms with E-state index in [1.807, 2.05) is 6.07 Å². The van der Waals surface area contributed by atoms with Gasteiger partial charge in [0.1, 0.15) is 6.54 Å². The fourth-order valence-electron chi connectivity index (χ4n) is 1.48. The topological polar surface area (TPSA) is 73.2 Å². The molecule has 21 heavy (non-hydrogen) atoms. The molecule has 8 heteroatoms. The van der Waals surface area contributed by atoms with E-state index >= 15 is 0 Å². The quantitative estimate of drug-likeness (QED) is 0.911. The molecule has 0 atom stereocenters. The van der Waals surface area contributed by atoms with E-state index < -0.39 is 31.1 Å².